The predicted octanol–water partition coefficient (Wildman–Crippen LogP) is 1.61. The second-order valence-corrected chi connectivity index (χ2v) is 5.13. The van der Waals surface area contributed by atoms with E-state index < -0.39 is 11.4 Å². The van der Waals surface area contributed by atoms with E-state index >= 15 is 0 Å². The summed E-state index contributed by atoms with van der Waals surface area (Å²) in [6.45, 7) is 4.59. The van der Waals surface area contributed by atoms with Crippen LogP contribution in [-0.2, 0) is 17.6 Å². The lowest BCUT2D eigenvalue weighted by Gasteiger charge is -2.24. The molecule has 6 nitrogen and oxygen atoms in total. The summed E-state index contributed by atoms with van der Waals surface area (Å²) in [4.78, 5) is 17.7. The molecule has 1 heterocycles. The number of hydrogen-bond donors (Lipinski definition) is 1. The third-order valence-electron chi connectivity index (χ3n) is 3.59. The Bertz CT molecular complexity index is 411. The smallest absolute Gasteiger partial charge is 0.310 e. The Kier molecular flexibility index (Phi) is 5.47. The molecule has 0 unspecified atom stereocenters. The minimum atomic E-state index is -0.800. The van der Waals surface area contributed by atoms with Crippen LogP contribution in [-0.4, -0.2) is 46.8 Å². The summed E-state index contributed by atoms with van der Waals surface area (Å²) in [6.07, 6.45) is 2.10. The molecule has 0 fully saturated rings. The fraction of sp³-hybridized carbons (Fsp3) is 0.769. The molecule has 0 amide bonds. The molecule has 1 aromatic heterocycles. The van der Waals surface area contributed by atoms with E-state index in [1.165, 1.54) is 0 Å². The molecule has 0 aliphatic heterocycles. The second-order valence-electron chi connectivity index (χ2n) is 5.13. The van der Waals surface area contributed by atoms with Crippen molar-refractivity contribution in [2.45, 2.75) is 39.5 Å². The predicted molar refractivity (Wildman–Crippen MR) is 70.9 cm³/mol. The molecule has 0 radical (unpaired) electrons. The van der Waals surface area contributed by atoms with E-state index in [0.29, 0.717) is 37.4 Å². The molecule has 0 aliphatic rings. The highest BCUT2D eigenvalue weighted by Gasteiger charge is 2.37. The molecule has 0 aromatic carbocycles. The van der Waals surface area contributed by atoms with Crippen LogP contribution in [0.15, 0.2) is 4.52 Å². The Balaban J connectivity index is 2.73. The Morgan fingerprint density at radius 3 is 2.47 bits per heavy atom. The maximum Gasteiger partial charge on any atom is 0.310 e. The molecule has 6 heteroatoms. The van der Waals surface area contributed by atoms with Crippen LogP contribution in [0, 0.1) is 5.41 Å². The second kappa shape index (κ2) is 6.65. The van der Waals surface area contributed by atoms with Gasteiger partial charge in [0.15, 0.2) is 5.82 Å². The zero-order chi connectivity index (χ0) is 14.5. The molecule has 0 aliphatic carbocycles. The van der Waals surface area contributed by atoms with Crippen molar-refractivity contribution in [3.63, 3.8) is 0 Å². The van der Waals surface area contributed by atoms with Gasteiger partial charge in [0, 0.05) is 19.4 Å². The highest BCUT2D eigenvalue weighted by Crippen LogP contribution is 2.30. The van der Waals surface area contributed by atoms with Crippen molar-refractivity contribution in [1.29, 1.82) is 0 Å². The molecule has 0 saturated carbocycles. The number of aromatic nitrogens is 2. The highest BCUT2D eigenvalue weighted by atomic mass is 16.5. The van der Waals surface area contributed by atoms with Gasteiger partial charge in [-0.25, -0.2) is 0 Å². The Morgan fingerprint density at radius 1 is 1.37 bits per heavy atom. The molecule has 1 N–H and O–H groups in total. The van der Waals surface area contributed by atoms with E-state index in [9.17, 15) is 9.90 Å². The van der Waals surface area contributed by atoms with E-state index in [2.05, 4.69) is 10.1 Å². The number of likely N-dealkylation sites (N-methyl/N-ethyl adjacent to an activating group) is 1. The molecular formula is C13H23N3O3. The van der Waals surface area contributed by atoms with Crippen LogP contribution in [0.4, 0.5) is 0 Å². The number of carboxylic acid groups (broad SMARTS) is 1. The lowest BCUT2D eigenvalue weighted by Crippen LogP contribution is -2.32. The maximum absolute atomic E-state index is 11.4. The molecule has 1 aromatic rings. The number of hydrogen-bond acceptors (Lipinski definition) is 5. The summed E-state index contributed by atoms with van der Waals surface area (Å²) in [7, 11) is 3.95. The van der Waals surface area contributed by atoms with E-state index in [1.807, 2.05) is 32.8 Å². The molecule has 19 heavy (non-hydrogen) atoms. The zero-order valence-electron chi connectivity index (χ0n) is 12.1. The van der Waals surface area contributed by atoms with E-state index in [0.717, 1.165) is 6.54 Å². The third-order valence-corrected chi connectivity index (χ3v) is 3.59. The van der Waals surface area contributed by atoms with Crippen molar-refractivity contribution >= 4 is 5.97 Å². The van der Waals surface area contributed by atoms with Crippen molar-refractivity contribution in [1.82, 2.24) is 15.0 Å². The number of nitrogens with zero attached hydrogens (tertiary/aromatic N) is 3. The van der Waals surface area contributed by atoms with Gasteiger partial charge in [-0.15, -0.1) is 0 Å². The van der Waals surface area contributed by atoms with Gasteiger partial charge in [0.05, 0.1) is 5.41 Å². The van der Waals surface area contributed by atoms with Crippen molar-refractivity contribution in [2.75, 3.05) is 20.6 Å². The van der Waals surface area contributed by atoms with Gasteiger partial charge < -0.3 is 14.5 Å². The van der Waals surface area contributed by atoms with Crippen LogP contribution in [0.5, 0.6) is 0 Å². The monoisotopic (exact) mass is 269 g/mol. The Morgan fingerprint density at radius 2 is 2.00 bits per heavy atom. The average Bonchev–Trinajstić information content (AvgIpc) is 2.80. The fourth-order valence-electron chi connectivity index (χ4n) is 1.95. The van der Waals surface area contributed by atoms with Crippen LogP contribution in [0.3, 0.4) is 0 Å². The number of aliphatic carboxylic acids is 1. The summed E-state index contributed by atoms with van der Waals surface area (Å²) in [6, 6.07) is 0. The minimum absolute atomic E-state index is 0.296. The van der Waals surface area contributed by atoms with Gasteiger partial charge >= 0.3 is 5.97 Å². The van der Waals surface area contributed by atoms with Gasteiger partial charge in [0.25, 0.3) is 0 Å². The highest BCUT2D eigenvalue weighted by molar-refractivity contribution is 5.74. The summed E-state index contributed by atoms with van der Waals surface area (Å²) in [5.74, 6) is 0.251. The van der Waals surface area contributed by atoms with Gasteiger partial charge in [-0.2, -0.15) is 4.98 Å². The van der Waals surface area contributed by atoms with E-state index in [1.54, 1.807) is 0 Å². The van der Waals surface area contributed by atoms with Gasteiger partial charge in [0.1, 0.15) is 0 Å². The van der Waals surface area contributed by atoms with Gasteiger partial charge in [-0.1, -0.05) is 19.0 Å². The summed E-state index contributed by atoms with van der Waals surface area (Å²) < 4.78 is 5.16. The fourth-order valence-corrected chi connectivity index (χ4v) is 1.95. The van der Waals surface area contributed by atoms with Crippen molar-refractivity contribution < 1.29 is 14.4 Å². The van der Waals surface area contributed by atoms with Crippen molar-refractivity contribution in [2.24, 2.45) is 5.41 Å². The molecule has 0 saturated heterocycles. The summed E-state index contributed by atoms with van der Waals surface area (Å²) >= 11 is 0. The molecule has 0 spiro atoms. The normalized spacial score (nSPS) is 12.1. The first-order valence-corrected chi connectivity index (χ1v) is 6.63. The van der Waals surface area contributed by atoms with Crippen LogP contribution >= 0.6 is 0 Å². The topological polar surface area (TPSA) is 79.5 Å². The van der Waals surface area contributed by atoms with E-state index in [4.69, 9.17) is 4.52 Å². The number of carbonyl (C=O) groups is 1. The lowest BCUT2D eigenvalue weighted by atomic mass is 9.79. The standard InChI is InChI=1S/C13H23N3O3/c1-5-13(6-2,12(17)18)9-11-14-10(15-19-11)7-8-16(3)4/h5-9H2,1-4H3,(H,17,18). The quantitative estimate of drug-likeness (QED) is 0.772. The third kappa shape index (κ3) is 4.02. The van der Waals surface area contributed by atoms with Crippen molar-refractivity contribution in [3.8, 4) is 0 Å². The molecular weight excluding hydrogens is 246 g/mol. The van der Waals surface area contributed by atoms with Crippen LogP contribution < -0.4 is 0 Å². The Hall–Kier alpha value is -1.43. The first kappa shape index (κ1) is 15.6. The van der Waals surface area contributed by atoms with Gasteiger partial charge in [0.2, 0.25) is 5.89 Å². The number of carboxylic acids is 1. The number of rotatable bonds is 8. The minimum Gasteiger partial charge on any atom is -0.481 e. The largest absolute Gasteiger partial charge is 0.481 e. The van der Waals surface area contributed by atoms with E-state index in [-0.39, 0.29) is 0 Å². The van der Waals surface area contributed by atoms with Crippen molar-refractivity contribution in [3.05, 3.63) is 11.7 Å². The summed E-state index contributed by atoms with van der Waals surface area (Å²) in [5.41, 5.74) is -0.800. The lowest BCUT2D eigenvalue weighted by molar-refractivity contribution is -0.149. The molecule has 0 bridgehead atoms. The van der Waals surface area contributed by atoms with Gasteiger partial charge in [-0.3, -0.25) is 4.79 Å². The Labute approximate surface area is 113 Å². The van der Waals surface area contributed by atoms with Gasteiger partial charge in [-0.05, 0) is 26.9 Å². The maximum atomic E-state index is 11.4. The van der Waals surface area contributed by atoms with Crippen LogP contribution in [0.25, 0.3) is 0 Å². The molecule has 0 atom stereocenters. The summed E-state index contributed by atoms with van der Waals surface area (Å²) in [5, 5.41) is 13.3. The van der Waals surface area contributed by atoms with Crippen LogP contribution in [0.1, 0.15) is 38.4 Å². The molecule has 108 valence electrons. The first-order chi connectivity index (χ1) is 8.93. The SMILES string of the molecule is CCC(CC)(Cc1nc(CCN(C)C)no1)C(=O)O. The van der Waals surface area contributed by atoms with Crippen LogP contribution in [0.2, 0.25) is 0 Å². The first-order valence-electron chi connectivity index (χ1n) is 6.63. The average molecular weight is 269 g/mol. The zero-order valence-corrected chi connectivity index (χ0v) is 12.1. The molecule has 1 rings (SSSR count).